The van der Waals surface area contributed by atoms with Crippen LogP contribution < -0.4 is 5.32 Å². The van der Waals surface area contributed by atoms with Crippen LogP contribution in [0.5, 0.6) is 0 Å². The first-order valence-electron chi connectivity index (χ1n) is 2.43. The van der Waals surface area contributed by atoms with E-state index < -0.39 is 5.72 Å². The van der Waals surface area contributed by atoms with Crippen molar-refractivity contribution in [1.29, 1.82) is 0 Å². The summed E-state index contributed by atoms with van der Waals surface area (Å²) in [6, 6.07) is 0. The van der Waals surface area contributed by atoms with E-state index in [1.807, 2.05) is 0 Å². The first-order valence-corrected chi connectivity index (χ1v) is 2.43. The van der Waals surface area contributed by atoms with Crippen molar-refractivity contribution in [3.8, 4) is 0 Å². The molecule has 0 unspecified atom stereocenters. The summed E-state index contributed by atoms with van der Waals surface area (Å²) < 4.78 is 4.59. The molecule has 0 saturated carbocycles. The van der Waals surface area contributed by atoms with E-state index in [0.29, 0.717) is 6.47 Å². The molecule has 0 radical (unpaired) electrons. The Morgan fingerprint density at radius 1 is 1.62 bits per heavy atom. The van der Waals surface area contributed by atoms with Gasteiger partial charge in [-0.25, -0.2) is 0 Å². The standard InChI is InChI=1S/C5H11NO2/c1-5(2,6-3)8-4-7/h4,6H,1-3H3. The molecule has 3 heteroatoms. The molecular weight excluding hydrogens is 106 g/mol. The van der Waals surface area contributed by atoms with E-state index in [9.17, 15) is 4.79 Å². The monoisotopic (exact) mass is 117 g/mol. The van der Waals surface area contributed by atoms with E-state index in [4.69, 9.17) is 0 Å². The van der Waals surface area contributed by atoms with Crippen LogP contribution in [0.4, 0.5) is 0 Å². The van der Waals surface area contributed by atoms with E-state index in [1.54, 1.807) is 20.9 Å². The maximum atomic E-state index is 9.72. The predicted octanol–water partition coefficient (Wildman–Crippen LogP) is 0.115. The summed E-state index contributed by atoms with van der Waals surface area (Å²) in [6.45, 7) is 3.96. The Morgan fingerprint density at radius 3 is 2.25 bits per heavy atom. The Hall–Kier alpha value is -0.570. The number of ether oxygens (including phenoxy) is 1. The first kappa shape index (κ1) is 7.43. The van der Waals surface area contributed by atoms with Gasteiger partial charge in [0.2, 0.25) is 0 Å². The van der Waals surface area contributed by atoms with E-state index in [2.05, 4.69) is 10.1 Å². The Morgan fingerprint density at radius 2 is 2.12 bits per heavy atom. The molecule has 0 bridgehead atoms. The third kappa shape index (κ3) is 2.58. The van der Waals surface area contributed by atoms with Crippen molar-refractivity contribution in [3.63, 3.8) is 0 Å². The molecule has 0 aromatic carbocycles. The fraction of sp³-hybridized carbons (Fsp3) is 0.800. The summed E-state index contributed by atoms with van der Waals surface area (Å²) in [5, 5.41) is 2.79. The van der Waals surface area contributed by atoms with Crippen molar-refractivity contribution in [3.05, 3.63) is 0 Å². The van der Waals surface area contributed by atoms with Crippen molar-refractivity contribution in [2.45, 2.75) is 19.6 Å². The molecule has 0 aromatic rings. The zero-order chi connectivity index (χ0) is 6.62. The van der Waals surface area contributed by atoms with Gasteiger partial charge in [-0.2, -0.15) is 0 Å². The van der Waals surface area contributed by atoms with Crippen molar-refractivity contribution < 1.29 is 9.53 Å². The van der Waals surface area contributed by atoms with Gasteiger partial charge >= 0.3 is 0 Å². The maximum absolute atomic E-state index is 9.72. The molecule has 1 N–H and O–H groups in total. The normalized spacial score (nSPS) is 10.9. The minimum Gasteiger partial charge on any atom is -0.447 e. The van der Waals surface area contributed by atoms with Crippen LogP contribution in [0.15, 0.2) is 0 Å². The molecule has 3 nitrogen and oxygen atoms in total. The molecule has 8 heavy (non-hydrogen) atoms. The van der Waals surface area contributed by atoms with Crippen LogP contribution in [0.1, 0.15) is 13.8 Å². The lowest BCUT2D eigenvalue weighted by atomic mass is 10.3. The quantitative estimate of drug-likeness (QED) is 0.421. The average molecular weight is 117 g/mol. The molecule has 0 aliphatic heterocycles. The van der Waals surface area contributed by atoms with Crippen LogP contribution in [-0.2, 0) is 9.53 Å². The Labute approximate surface area is 49.0 Å². The van der Waals surface area contributed by atoms with Crippen molar-refractivity contribution in [2.75, 3.05) is 7.05 Å². The van der Waals surface area contributed by atoms with Gasteiger partial charge in [0.25, 0.3) is 6.47 Å². The molecule has 0 rings (SSSR count). The van der Waals surface area contributed by atoms with E-state index in [-0.39, 0.29) is 0 Å². The van der Waals surface area contributed by atoms with Crippen molar-refractivity contribution in [1.82, 2.24) is 5.32 Å². The van der Waals surface area contributed by atoms with Crippen molar-refractivity contribution in [2.24, 2.45) is 0 Å². The van der Waals surface area contributed by atoms with Crippen LogP contribution in [0, 0.1) is 0 Å². The number of hydrogen-bond acceptors (Lipinski definition) is 3. The van der Waals surface area contributed by atoms with Gasteiger partial charge in [-0.05, 0) is 20.9 Å². The lowest BCUT2D eigenvalue weighted by Gasteiger charge is -2.20. The molecule has 0 heterocycles. The Kier molecular flexibility index (Phi) is 2.48. The zero-order valence-corrected chi connectivity index (χ0v) is 5.39. The third-order valence-electron chi connectivity index (χ3n) is 0.945. The largest absolute Gasteiger partial charge is 0.447 e. The van der Waals surface area contributed by atoms with Crippen LogP contribution in [-0.4, -0.2) is 19.2 Å². The van der Waals surface area contributed by atoms with Gasteiger partial charge in [0.15, 0.2) is 5.72 Å². The highest BCUT2D eigenvalue weighted by Gasteiger charge is 2.13. The second kappa shape index (κ2) is 2.67. The summed E-state index contributed by atoms with van der Waals surface area (Å²) in [6.07, 6.45) is 0. The average Bonchev–Trinajstić information content (AvgIpc) is 1.67. The predicted molar refractivity (Wildman–Crippen MR) is 30.3 cm³/mol. The van der Waals surface area contributed by atoms with Crippen LogP contribution in [0.2, 0.25) is 0 Å². The number of carbonyl (C=O) groups is 1. The number of hydrogen-bond donors (Lipinski definition) is 1. The lowest BCUT2D eigenvalue weighted by Crippen LogP contribution is -2.38. The minimum absolute atomic E-state index is 0.427. The fourth-order valence-electron chi connectivity index (χ4n) is 0.179. The van der Waals surface area contributed by atoms with Gasteiger partial charge in [-0.3, -0.25) is 10.1 Å². The highest BCUT2D eigenvalue weighted by atomic mass is 16.5. The summed E-state index contributed by atoms with van der Waals surface area (Å²) in [5.74, 6) is 0. The molecule has 0 aliphatic carbocycles. The molecule has 48 valence electrons. The smallest absolute Gasteiger partial charge is 0.294 e. The summed E-state index contributed by atoms with van der Waals surface area (Å²) in [5.41, 5.74) is -0.526. The van der Waals surface area contributed by atoms with Gasteiger partial charge in [0.05, 0.1) is 0 Å². The summed E-state index contributed by atoms with van der Waals surface area (Å²) in [4.78, 5) is 9.72. The summed E-state index contributed by atoms with van der Waals surface area (Å²) in [7, 11) is 1.73. The van der Waals surface area contributed by atoms with Crippen molar-refractivity contribution >= 4 is 6.47 Å². The second-order valence-electron chi connectivity index (χ2n) is 1.97. The van der Waals surface area contributed by atoms with Gasteiger partial charge < -0.3 is 4.74 Å². The molecule has 0 aliphatic rings. The van der Waals surface area contributed by atoms with Gasteiger partial charge in [-0.15, -0.1) is 0 Å². The molecular formula is C5H11NO2. The number of nitrogens with one attached hydrogen (secondary N) is 1. The van der Waals surface area contributed by atoms with Crippen LogP contribution in [0.3, 0.4) is 0 Å². The molecule has 0 amide bonds. The highest BCUT2D eigenvalue weighted by Crippen LogP contribution is 1.98. The Balaban J connectivity index is 3.53. The van der Waals surface area contributed by atoms with Crippen LogP contribution >= 0.6 is 0 Å². The van der Waals surface area contributed by atoms with Crippen LogP contribution in [0.25, 0.3) is 0 Å². The maximum Gasteiger partial charge on any atom is 0.294 e. The molecule has 0 aromatic heterocycles. The SMILES string of the molecule is CNC(C)(C)OC=O. The zero-order valence-electron chi connectivity index (χ0n) is 5.39. The third-order valence-corrected chi connectivity index (χ3v) is 0.945. The van der Waals surface area contributed by atoms with Gasteiger partial charge in [-0.1, -0.05) is 0 Å². The van der Waals surface area contributed by atoms with Gasteiger partial charge in [0.1, 0.15) is 0 Å². The fourth-order valence-corrected chi connectivity index (χ4v) is 0.179. The lowest BCUT2D eigenvalue weighted by molar-refractivity contribution is -0.142. The molecule has 0 spiro atoms. The molecule has 0 atom stereocenters. The van der Waals surface area contributed by atoms with Gasteiger partial charge in [0, 0.05) is 0 Å². The molecule has 0 saturated heterocycles. The minimum atomic E-state index is -0.526. The Bertz CT molecular complexity index is 80.5. The van der Waals surface area contributed by atoms with E-state index >= 15 is 0 Å². The number of carbonyl (C=O) groups excluding carboxylic acids is 1. The van der Waals surface area contributed by atoms with E-state index in [0.717, 1.165) is 0 Å². The highest BCUT2D eigenvalue weighted by molar-refractivity contribution is 5.37. The first-order chi connectivity index (χ1) is 3.62. The topological polar surface area (TPSA) is 38.3 Å². The van der Waals surface area contributed by atoms with E-state index in [1.165, 1.54) is 0 Å². The number of rotatable bonds is 3. The second-order valence-corrected chi connectivity index (χ2v) is 1.97. The summed E-state index contributed by atoms with van der Waals surface area (Å²) >= 11 is 0. The molecule has 0 fully saturated rings.